The SMILES string of the molecule is CCCCN(C(=S)SSC(N(CCCC)c1ccccc1)=S([N+](=O)[O-])[N+](=O)[O-])c1ccccc1. The molecule has 8 nitrogen and oxygen atoms in total. The maximum Gasteiger partial charge on any atom is 0.489 e. The highest BCUT2D eigenvalue weighted by Gasteiger charge is 2.35. The normalized spacial score (nSPS) is 10.7. The predicted octanol–water partition coefficient (Wildman–Crippen LogP) is 7.01. The maximum absolute atomic E-state index is 11.8. The fourth-order valence-electron chi connectivity index (χ4n) is 2.97. The van der Waals surface area contributed by atoms with Crippen LogP contribution in [0.5, 0.6) is 0 Å². The summed E-state index contributed by atoms with van der Waals surface area (Å²) in [6, 6.07) is 18.7. The van der Waals surface area contributed by atoms with Gasteiger partial charge in [-0.1, -0.05) is 75.3 Å². The van der Waals surface area contributed by atoms with E-state index in [1.165, 1.54) is 0 Å². The molecule has 2 rings (SSSR count). The van der Waals surface area contributed by atoms with E-state index in [-0.39, 0.29) is 4.32 Å². The summed E-state index contributed by atoms with van der Waals surface area (Å²) in [7, 11) is -0.268. The van der Waals surface area contributed by atoms with Crippen molar-refractivity contribution >= 4 is 64.7 Å². The minimum atomic E-state index is -2.43. The Labute approximate surface area is 216 Å². The van der Waals surface area contributed by atoms with Crippen molar-refractivity contribution in [3.05, 3.63) is 80.9 Å². The van der Waals surface area contributed by atoms with Crippen molar-refractivity contribution in [3.63, 3.8) is 0 Å². The molecule has 34 heavy (non-hydrogen) atoms. The highest BCUT2D eigenvalue weighted by molar-refractivity contribution is 8.90. The van der Waals surface area contributed by atoms with Gasteiger partial charge < -0.3 is 9.80 Å². The smallest absolute Gasteiger partial charge is 0.327 e. The lowest BCUT2D eigenvalue weighted by Gasteiger charge is -2.27. The number of para-hydroxylation sites is 2. The summed E-state index contributed by atoms with van der Waals surface area (Å²) in [5.41, 5.74) is 1.60. The van der Waals surface area contributed by atoms with Crippen LogP contribution in [0.1, 0.15) is 39.5 Å². The van der Waals surface area contributed by atoms with Gasteiger partial charge >= 0.3 is 10.9 Å². The van der Waals surface area contributed by atoms with E-state index < -0.39 is 19.5 Å². The molecule has 0 aromatic heterocycles. The summed E-state index contributed by atoms with van der Waals surface area (Å²) in [4.78, 5) is 27.3. The molecule has 0 aliphatic heterocycles. The number of unbranched alkanes of at least 4 members (excludes halogenated alkanes) is 2. The lowest BCUT2D eigenvalue weighted by Crippen LogP contribution is -2.32. The van der Waals surface area contributed by atoms with Gasteiger partial charge in [-0.15, -0.1) is 0 Å². The summed E-state index contributed by atoms with van der Waals surface area (Å²) in [5, 5.41) is 23.6. The third kappa shape index (κ3) is 8.26. The van der Waals surface area contributed by atoms with Gasteiger partial charge in [-0.05, 0) is 58.7 Å². The Hall–Kier alpha value is -2.15. The lowest BCUT2D eigenvalue weighted by atomic mass is 10.2. The molecular formula is C22H28N4O4S4. The van der Waals surface area contributed by atoms with Gasteiger partial charge in [0.05, 0.1) is 0 Å². The Kier molecular flexibility index (Phi) is 12.4. The quantitative estimate of drug-likeness (QED) is 0.137. The first kappa shape index (κ1) is 28.1. The molecule has 0 aliphatic rings. The van der Waals surface area contributed by atoms with Gasteiger partial charge in [0.1, 0.15) is 0 Å². The standard InChI is InChI=1S/C22H28N4O4S4/c1-3-5-17-23(19-13-9-7-10-14-19)21(31)32-33-22(34(25(27)28)26(29)30)24(18-6-4-2)20-15-11-8-12-16-20/h7-16H,3-6,17-18H2,1-2H3. The number of benzene rings is 2. The summed E-state index contributed by atoms with van der Waals surface area (Å²) >= 11 is 5.70. The molecule has 2 aromatic rings. The van der Waals surface area contributed by atoms with Crippen molar-refractivity contribution in [2.24, 2.45) is 0 Å². The highest BCUT2D eigenvalue weighted by atomic mass is 33.1. The Morgan fingerprint density at radius 2 is 1.26 bits per heavy atom. The van der Waals surface area contributed by atoms with Crippen molar-refractivity contribution in [1.29, 1.82) is 0 Å². The van der Waals surface area contributed by atoms with Gasteiger partial charge in [0.2, 0.25) is 0 Å². The van der Waals surface area contributed by atoms with Crippen molar-refractivity contribution in [2.45, 2.75) is 39.5 Å². The first-order chi connectivity index (χ1) is 16.4. The van der Waals surface area contributed by atoms with E-state index in [4.69, 9.17) is 12.2 Å². The molecule has 12 heteroatoms. The van der Waals surface area contributed by atoms with Crippen LogP contribution in [0.2, 0.25) is 0 Å². The van der Waals surface area contributed by atoms with Crippen LogP contribution in [0.25, 0.3) is 0 Å². The Bertz CT molecular complexity index is 977. The molecule has 0 unspecified atom stereocenters. The van der Waals surface area contributed by atoms with E-state index in [1.54, 1.807) is 17.0 Å². The number of hydrogen-bond acceptors (Lipinski definition) is 7. The molecule has 0 amide bonds. The largest absolute Gasteiger partial charge is 0.489 e. The predicted molar refractivity (Wildman–Crippen MR) is 152 cm³/mol. The zero-order valence-corrected chi connectivity index (χ0v) is 22.3. The summed E-state index contributed by atoms with van der Waals surface area (Å²) in [5.74, 6) is 0. The van der Waals surface area contributed by atoms with Crippen LogP contribution in [0, 0.1) is 20.2 Å². The third-order valence-corrected chi connectivity index (χ3v) is 9.57. The van der Waals surface area contributed by atoms with E-state index in [0.29, 0.717) is 23.1 Å². The van der Waals surface area contributed by atoms with Gasteiger partial charge in [-0.2, -0.15) is 0 Å². The van der Waals surface area contributed by atoms with Crippen molar-refractivity contribution < 1.29 is 8.66 Å². The molecule has 0 spiro atoms. The van der Waals surface area contributed by atoms with Gasteiger partial charge in [-0.25, -0.2) is 20.2 Å². The fourth-order valence-corrected chi connectivity index (χ4v) is 7.38. The Morgan fingerprint density at radius 3 is 1.71 bits per heavy atom. The van der Waals surface area contributed by atoms with E-state index in [2.05, 4.69) is 6.92 Å². The second-order valence-electron chi connectivity index (χ2n) is 7.09. The van der Waals surface area contributed by atoms with Gasteiger partial charge in [0.15, 0.2) is 13.0 Å². The second kappa shape index (κ2) is 15.0. The number of anilines is 2. The molecule has 0 radical (unpaired) electrons. The Balaban J connectivity index is 2.43. The molecule has 0 aliphatic carbocycles. The molecular weight excluding hydrogens is 513 g/mol. The minimum absolute atomic E-state index is 0.0607. The van der Waals surface area contributed by atoms with Crippen molar-refractivity contribution in [3.8, 4) is 0 Å². The van der Waals surface area contributed by atoms with E-state index in [0.717, 1.165) is 53.0 Å². The van der Waals surface area contributed by atoms with Gasteiger partial charge in [-0.3, -0.25) is 0 Å². The molecule has 0 atom stereocenters. The molecule has 0 heterocycles. The van der Waals surface area contributed by atoms with Crippen molar-refractivity contribution in [2.75, 3.05) is 22.9 Å². The summed E-state index contributed by atoms with van der Waals surface area (Å²) in [6.45, 7) is 5.22. The summed E-state index contributed by atoms with van der Waals surface area (Å²) in [6.07, 6.45) is 3.47. The minimum Gasteiger partial charge on any atom is -0.327 e. The number of thiocarbonyl (C=S) groups is 1. The molecule has 184 valence electrons. The molecule has 0 saturated heterocycles. The first-order valence-corrected chi connectivity index (χ1v) is 14.5. The van der Waals surface area contributed by atoms with Crippen LogP contribution in [0.15, 0.2) is 60.7 Å². The molecule has 0 fully saturated rings. The highest BCUT2D eigenvalue weighted by Crippen LogP contribution is 2.37. The van der Waals surface area contributed by atoms with Crippen LogP contribution in [0.3, 0.4) is 0 Å². The van der Waals surface area contributed by atoms with E-state index >= 15 is 0 Å². The van der Waals surface area contributed by atoms with Crippen molar-refractivity contribution in [1.82, 2.24) is 0 Å². The van der Waals surface area contributed by atoms with Crippen LogP contribution >= 0.6 is 44.7 Å². The molecule has 0 N–H and O–H groups in total. The topological polar surface area (TPSA) is 92.8 Å². The zero-order chi connectivity index (χ0) is 24.9. The van der Waals surface area contributed by atoms with E-state index in [1.807, 2.05) is 60.4 Å². The first-order valence-electron chi connectivity index (χ1n) is 10.8. The molecule has 0 saturated carbocycles. The Morgan fingerprint density at radius 1 is 0.824 bits per heavy atom. The molecule has 0 bridgehead atoms. The second-order valence-corrected chi connectivity index (χ2v) is 11.6. The average Bonchev–Trinajstić information content (AvgIpc) is 2.83. The number of hydrogen-bond donors (Lipinski definition) is 0. The van der Waals surface area contributed by atoms with Gasteiger partial charge in [0.25, 0.3) is 4.32 Å². The number of nitrogens with zero attached hydrogens (tertiary/aromatic N) is 4. The van der Waals surface area contributed by atoms with E-state index in [9.17, 15) is 20.2 Å². The fraction of sp³-hybridized carbons (Fsp3) is 0.364. The maximum atomic E-state index is 11.8. The average molecular weight is 541 g/mol. The van der Waals surface area contributed by atoms with Crippen LogP contribution in [-0.4, -0.2) is 30.4 Å². The van der Waals surface area contributed by atoms with Crippen LogP contribution in [0.4, 0.5) is 11.4 Å². The van der Waals surface area contributed by atoms with Gasteiger partial charge in [0, 0.05) is 24.5 Å². The van der Waals surface area contributed by atoms with Crippen LogP contribution < -0.4 is 9.80 Å². The monoisotopic (exact) mass is 540 g/mol. The third-order valence-electron chi connectivity index (χ3n) is 4.67. The lowest BCUT2D eigenvalue weighted by molar-refractivity contribution is -0.392. The molecule has 2 aromatic carbocycles. The van der Waals surface area contributed by atoms with Crippen LogP contribution in [-0.2, 0) is 0 Å². The zero-order valence-electron chi connectivity index (χ0n) is 19.1. The number of rotatable bonds is 10. The summed E-state index contributed by atoms with van der Waals surface area (Å²) < 4.78 is -1.08. The number of nitro groups is 2.